The molecule has 0 bridgehead atoms. The van der Waals surface area contributed by atoms with Crippen LogP contribution in [-0.2, 0) is 14.3 Å². The number of amides is 2. The highest BCUT2D eigenvalue weighted by atomic mass is 32.1. The minimum Gasteiger partial charge on any atom is -0.496 e. The third-order valence-electron chi connectivity index (χ3n) is 5.38. The van der Waals surface area contributed by atoms with Gasteiger partial charge < -0.3 is 19.1 Å². The molecule has 8 nitrogen and oxygen atoms in total. The molecule has 0 radical (unpaired) electrons. The summed E-state index contributed by atoms with van der Waals surface area (Å²) < 4.78 is 16.5. The van der Waals surface area contributed by atoms with Gasteiger partial charge >= 0.3 is 0 Å². The molecular formula is C24H25N3O5S. The van der Waals surface area contributed by atoms with Crippen molar-refractivity contribution in [2.45, 2.75) is 6.92 Å². The predicted octanol–water partition coefficient (Wildman–Crippen LogP) is 2.76. The molecule has 2 aliphatic heterocycles. The Bertz CT molecular complexity index is 1110. The van der Waals surface area contributed by atoms with Gasteiger partial charge in [-0.05, 0) is 49.5 Å². The summed E-state index contributed by atoms with van der Waals surface area (Å²) >= 11 is 5.29. The van der Waals surface area contributed by atoms with Gasteiger partial charge in [-0.1, -0.05) is 6.07 Å². The summed E-state index contributed by atoms with van der Waals surface area (Å²) in [5.74, 6) is 0.0942. The van der Waals surface area contributed by atoms with Crippen LogP contribution in [0.2, 0.25) is 0 Å². The first-order valence-corrected chi connectivity index (χ1v) is 11.1. The van der Waals surface area contributed by atoms with Crippen LogP contribution < -0.4 is 24.6 Å². The number of carbonyl (C=O) groups is 2. The maximum Gasteiger partial charge on any atom is 0.270 e. The van der Waals surface area contributed by atoms with Crippen molar-refractivity contribution >= 4 is 46.6 Å². The smallest absolute Gasteiger partial charge is 0.270 e. The normalized spacial score (nSPS) is 17.9. The summed E-state index contributed by atoms with van der Waals surface area (Å²) in [6, 6.07) is 12.7. The lowest BCUT2D eigenvalue weighted by Crippen LogP contribution is -2.54. The maximum atomic E-state index is 13.3. The molecule has 2 aromatic rings. The van der Waals surface area contributed by atoms with Gasteiger partial charge in [-0.2, -0.15) is 0 Å². The van der Waals surface area contributed by atoms with Crippen LogP contribution in [0.4, 0.5) is 11.4 Å². The van der Waals surface area contributed by atoms with Crippen molar-refractivity contribution in [3.63, 3.8) is 0 Å². The average Bonchev–Trinajstić information content (AvgIpc) is 2.82. The number of nitrogens with one attached hydrogen (secondary N) is 1. The van der Waals surface area contributed by atoms with E-state index in [2.05, 4.69) is 10.2 Å². The molecule has 172 valence electrons. The second-order valence-corrected chi connectivity index (χ2v) is 7.80. The summed E-state index contributed by atoms with van der Waals surface area (Å²) in [5.41, 5.74) is 2.08. The second-order valence-electron chi connectivity index (χ2n) is 7.41. The van der Waals surface area contributed by atoms with Crippen molar-refractivity contribution < 1.29 is 23.8 Å². The van der Waals surface area contributed by atoms with Crippen molar-refractivity contribution in [3.8, 4) is 11.5 Å². The standard InChI is InChI=1S/C24H25N3O5S/c1-3-32-19-6-4-5-18(14-19)27-23(29)20(22(28)25-24(27)33)13-16-7-8-17(15-21(16)30-2)26-9-11-31-12-10-26/h4-8,13-15H,3,9-12H2,1-2H3,(H,25,28,33)/b20-13+. The van der Waals surface area contributed by atoms with E-state index in [1.807, 2.05) is 25.1 Å². The van der Waals surface area contributed by atoms with Gasteiger partial charge in [-0.25, -0.2) is 0 Å². The Morgan fingerprint density at radius 3 is 2.64 bits per heavy atom. The fourth-order valence-corrected chi connectivity index (χ4v) is 4.04. The number of nitrogens with zero attached hydrogens (tertiary/aromatic N) is 2. The molecule has 2 aromatic carbocycles. The third-order valence-corrected chi connectivity index (χ3v) is 5.67. The number of carbonyl (C=O) groups excluding carboxylic acids is 2. The number of morpholine rings is 1. The molecule has 2 heterocycles. The van der Waals surface area contributed by atoms with E-state index in [9.17, 15) is 9.59 Å². The van der Waals surface area contributed by atoms with Crippen LogP contribution in [-0.4, -0.2) is 56.9 Å². The van der Waals surface area contributed by atoms with Gasteiger partial charge in [0.2, 0.25) is 0 Å². The number of ether oxygens (including phenoxy) is 3. The van der Waals surface area contributed by atoms with Crippen molar-refractivity contribution in [1.29, 1.82) is 0 Å². The Morgan fingerprint density at radius 2 is 1.91 bits per heavy atom. The summed E-state index contributed by atoms with van der Waals surface area (Å²) in [4.78, 5) is 29.5. The van der Waals surface area contributed by atoms with E-state index >= 15 is 0 Å². The number of rotatable bonds is 6. The molecule has 0 saturated carbocycles. The molecular weight excluding hydrogens is 442 g/mol. The van der Waals surface area contributed by atoms with Gasteiger partial charge in [0.05, 0.1) is 32.6 Å². The molecule has 1 N–H and O–H groups in total. The summed E-state index contributed by atoms with van der Waals surface area (Å²) in [7, 11) is 1.56. The van der Waals surface area contributed by atoms with Gasteiger partial charge in [0.25, 0.3) is 11.8 Å². The van der Waals surface area contributed by atoms with E-state index in [1.165, 1.54) is 11.0 Å². The highest BCUT2D eigenvalue weighted by Gasteiger charge is 2.35. The zero-order valence-corrected chi connectivity index (χ0v) is 19.3. The molecule has 33 heavy (non-hydrogen) atoms. The van der Waals surface area contributed by atoms with E-state index in [0.29, 0.717) is 42.6 Å². The SMILES string of the molecule is CCOc1cccc(N2C(=O)/C(=C/c3ccc(N4CCOCC4)cc3OC)C(=O)NC2=S)c1. The highest BCUT2D eigenvalue weighted by Crippen LogP contribution is 2.30. The van der Waals surface area contributed by atoms with Crippen LogP contribution in [0.1, 0.15) is 12.5 Å². The quantitative estimate of drug-likeness (QED) is 0.398. The lowest BCUT2D eigenvalue weighted by atomic mass is 10.1. The second kappa shape index (κ2) is 10.0. The lowest BCUT2D eigenvalue weighted by Gasteiger charge is -2.30. The van der Waals surface area contributed by atoms with E-state index in [1.54, 1.807) is 31.4 Å². The van der Waals surface area contributed by atoms with Crippen molar-refractivity contribution in [3.05, 3.63) is 53.6 Å². The Hall–Kier alpha value is -3.43. The largest absolute Gasteiger partial charge is 0.496 e. The summed E-state index contributed by atoms with van der Waals surface area (Å²) in [6.07, 6.45) is 1.53. The molecule has 2 aliphatic rings. The highest BCUT2D eigenvalue weighted by molar-refractivity contribution is 7.80. The van der Waals surface area contributed by atoms with Gasteiger partial charge in [0.1, 0.15) is 17.1 Å². The van der Waals surface area contributed by atoms with Gasteiger partial charge in [-0.3, -0.25) is 19.8 Å². The molecule has 0 spiro atoms. The topological polar surface area (TPSA) is 80.3 Å². The van der Waals surface area contributed by atoms with Crippen LogP contribution in [0, 0.1) is 0 Å². The third kappa shape index (κ3) is 4.84. The molecule has 0 aromatic heterocycles. The van der Waals surface area contributed by atoms with Crippen LogP contribution >= 0.6 is 12.2 Å². The molecule has 9 heteroatoms. The van der Waals surface area contributed by atoms with Crippen molar-refractivity contribution in [2.24, 2.45) is 0 Å². The Balaban J connectivity index is 1.66. The Kier molecular flexibility index (Phi) is 6.90. The van der Waals surface area contributed by atoms with Gasteiger partial charge in [-0.15, -0.1) is 0 Å². The van der Waals surface area contributed by atoms with Crippen LogP contribution in [0.25, 0.3) is 6.08 Å². The van der Waals surface area contributed by atoms with Crippen LogP contribution in [0.5, 0.6) is 11.5 Å². The minimum absolute atomic E-state index is 0.0189. The van der Waals surface area contributed by atoms with E-state index in [4.69, 9.17) is 26.4 Å². The molecule has 2 saturated heterocycles. The minimum atomic E-state index is -0.554. The first-order valence-electron chi connectivity index (χ1n) is 10.7. The zero-order valence-electron chi connectivity index (χ0n) is 18.5. The molecule has 2 amide bonds. The molecule has 2 fully saturated rings. The van der Waals surface area contributed by atoms with Crippen LogP contribution in [0.3, 0.4) is 0 Å². The van der Waals surface area contributed by atoms with Crippen molar-refractivity contribution in [1.82, 2.24) is 5.32 Å². The molecule has 0 aliphatic carbocycles. The fraction of sp³-hybridized carbons (Fsp3) is 0.292. The first-order chi connectivity index (χ1) is 16.0. The Labute approximate surface area is 197 Å². The number of anilines is 2. The molecule has 0 unspecified atom stereocenters. The first kappa shape index (κ1) is 22.8. The number of hydrogen-bond acceptors (Lipinski definition) is 7. The summed E-state index contributed by atoms with van der Waals surface area (Å²) in [6.45, 7) is 5.29. The fourth-order valence-electron chi connectivity index (χ4n) is 3.76. The number of methoxy groups -OCH3 is 1. The van der Waals surface area contributed by atoms with Crippen molar-refractivity contribution in [2.75, 3.05) is 49.8 Å². The van der Waals surface area contributed by atoms with Gasteiger partial charge in [0.15, 0.2) is 5.11 Å². The Morgan fingerprint density at radius 1 is 1.12 bits per heavy atom. The maximum absolute atomic E-state index is 13.3. The average molecular weight is 468 g/mol. The summed E-state index contributed by atoms with van der Waals surface area (Å²) in [5, 5.41) is 2.63. The van der Waals surface area contributed by atoms with E-state index in [-0.39, 0.29) is 10.7 Å². The van der Waals surface area contributed by atoms with E-state index in [0.717, 1.165) is 18.8 Å². The zero-order chi connectivity index (χ0) is 23.4. The van der Waals surface area contributed by atoms with E-state index < -0.39 is 11.8 Å². The molecule has 4 rings (SSSR count). The van der Waals surface area contributed by atoms with Gasteiger partial charge in [0, 0.05) is 36.5 Å². The predicted molar refractivity (Wildman–Crippen MR) is 130 cm³/mol. The molecule has 0 atom stereocenters. The number of thiocarbonyl (C=S) groups is 1. The number of hydrogen-bond donors (Lipinski definition) is 1. The van der Waals surface area contributed by atoms with Crippen LogP contribution in [0.15, 0.2) is 48.0 Å². The number of benzene rings is 2. The lowest BCUT2D eigenvalue weighted by molar-refractivity contribution is -0.122. The monoisotopic (exact) mass is 467 g/mol.